The average molecular weight is 214 g/mol. The Labute approximate surface area is 94.1 Å². The van der Waals surface area contributed by atoms with Gasteiger partial charge in [-0.15, -0.1) is 0 Å². The molecule has 0 aliphatic carbocycles. The molecule has 0 radical (unpaired) electrons. The van der Waals surface area contributed by atoms with Gasteiger partial charge in [0.1, 0.15) is 0 Å². The van der Waals surface area contributed by atoms with Gasteiger partial charge in [-0.2, -0.15) is 0 Å². The number of piperidine rings is 1. The van der Waals surface area contributed by atoms with Gasteiger partial charge in [-0.3, -0.25) is 0 Å². The van der Waals surface area contributed by atoms with Crippen molar-refractivity contribution in [3.8, 4) is 0 Å². The lowest BCUT2D eigenvalue weighted by molar-refractivity contribution is 0.103. The quantitative estimate of drug-likeness (QED) is 0.740. The van der Waals surface area contributed by atoms with Crippen molar-refractivity contribution in [2.75, 3.05) is 40.3 Å². The van der Waals surface area contributed by atoms with E-state index in [1.54, 1.807) is 0 Å². The van der Waals surface area contributed by atoms with Gasteiger partial charge in [-0.1, -0.05) is 6.92 Å². The van der Waals surface area contributed by atoms with Gasteiger partial charge in [0.2, 0.25) is 0 Å². The summed E-state index contributed by atoms with van der Waals surface area (Å²) in [4.78, 5) is 4.68. The Kier molecular flexibility index (Phi) is 5.58. The fourth-order valence-electron chi connectivity index (χ4n) is 2.25. The van der Waals surface area contributed by atoms with E-state index in [9.17, 15) is 5.11 Å². The largest absolute Gasteiger partial charge is 0.392 e. The number of hydrogen-bond donors (Lipinski definition) is 1. The number of likely N-dealkylation sites (N-methyl/N-ethyl adjacent to an activating group) is 1. The number of aliphatic hydroxyl groups is 1. The van der Waals surface area contributed by atoms with Crippen LogP contribution in [0.15, 0.2) is 0 Å². The minimum absolute atomic E-state index is 0.152. The zero-order valence-corrected chi connectivity index (χ0v) is 10.4. The first-order valence-corrected chi connectivity index (χ1v) is 6.17. The van der Waals surface area contributed by atoms with E-state index < -0.39 is 0 Å². The van der Waals surface area contributed by atoms with Crippen molar-refractivity contribution in [2.45, 2.75) is 32.3 Å². The molecular weight excluding hydrogens is 188 g/mol. The summed E-state index contributed by atoms with van der Waals surface area (Å²) in [5, 5.41) is 9.55. The highest BCUT2D eigenvalue weighted by molar-refractivity contribution is 4.73. The number of nitrogens with zero attached hydrogens (tertiary/aromatic N) is 2. The van der Waals surface area contributed by atoms with Crippen molar-refractivity contribution in [2.24, 2.45) is 5.92 Å². The van der Waals surface area contributed by atoms with E-state index in [0.717, 1.165) is 25.4 Å². The van der Waals surface area contributed by atoms with E-state index >= 15 is 0 Å². The number of likely N-dealkylation sites (tertiary alicyclic amines) is 1. The molecule has 1 N–H and O–H groups in total. The van der Waals surface area contributed by atoms with E-state index in [-0.39, 0.29) is 6.10 Å². The highest BCUT2D eigenvalue weighted by atomic mass is 16.3. The van der Waals surface area contributed by atoms with Crippen LogP contribution in [0.4, 0.5) is 0 Å². The van der Waals surface area contributed by atoms with Crippen molar-refractivity contribution < 1.29 is 5.11 Å². The molecule has 0 aromatic carbocycles. The van der Waals surface area contributed by atoms with Gasteiger partial charge in [0, 0.05) is 13.1 Å². The molecule has 1 unspecified atom stereocenters. The molecule has 0 aromatic rings. The Balaban J connectivity index is 2.17. The fourth-order valence-corrected chi connectivity index (χ4v) is 2.25. The first-order valence-electron chi connectivity index (χ1n) is 6.17. The predicted octanol–water partition coefficient (Wildman–Crippen LogP) is 1.03. The minimum atomic E-state index is -0.152. The Morgan fingerprint density at radius 1 is 1.40 bits per heavy atom. The highest BCUT2D eigenvalue weighted by Crippen LogP contribution is 2.16. The number of hydrogen-bond acceptors (Lipinski definition) is 3. The van der Waals surface area contributed by atoms with Gasteiger partial charge < -0.3 is 14.9 Å². The number of aliphatic hydroxyl groups excluding tert-OH is 1. The average Bonchev–Trinajstić information content (AvgIpc) is 2.21. The molecule has 1 fully saturated rings. The third-order valence-corrected chi connectivity index (χ3v) is 3.40. The van der Waals surface area contributed by atoms with Crippen molar-refractivity contribution >= 4 is 0 Å². The van der Waals surface area contributed by atoms with Crippen molar-refractivity contribution in [3.05, 3.63) is 0 Å². The molecule has 0 amide bonds. The fraction of sp³-hybridized carbons (Fsp3) is 1.00. The molecular formula is C12H26N2O. The second kappa shape index (κ2) is 6.46. The molecule has 1 aliphatic heterocycles. The van der Waals surface area contributed by atoms with E-state index in [1.807, 2.05) is 6.92 Å². The van der Waals surface area contributed by atoms with Gasteiger partial charge in [0.25, 0.3) is 0 Å². The summed E-state index contributed by atoms with van der Waals surface area (Å²) in [7, 11) is 4.32. The predicted molar refractivity (Wildman–Crippen MR) is 64.0 cm³/mol. The SMILES string of the molecule is CCC(O)CN(C)CC1CCN(C)CC1. The van der Waals surface area contributed by atoms with Crippen LogP contribution < -0.4 is 0 Å². The van der Waals surface area contributed by atoms with Crippen LogP contribution in [-0.2, 0) is 0 Å². The second-order valence-electron chi connectivity index (χ2n) is 5.03. The first kappa shape index (κ1) is 12.9. The standard InChI is InChI=1S/C12H26N2O/c1-4-12(15)10-14(3)9-11-5-7-13(2)8-6-11/h11-12,15H,4-10H2,1-3H3. The smallest absolute Gasteiger partial charge is 0.0664 e. The van der Waals surface area contributed by atoms with Crippen LogP contribution >= 0.6 is 0 Å². The van der Waals surface area contributed by atoms with Gasteiger partial charge in [-0.05, 0) is 52.4 Å². The van der Waals surface area contributed by atoms with Gasteiger partial charge in [0.05, 0.1) is 6.10 Å². The molecule has 1 heterocycles. The minimum Gasteiger partial charge on any atom is -0.392 e. The lowest BCUT2D eigenvalue weighted by Crippen LogP contribution is -2.38. The summed E-state index contributed by atoms with van der Waals surface area (Å²) in [6, 6.07) is 0. The van der Waals surface area contributed by atoms with E-state index in [0.29, 0.717) is 0 Å². The third kappa shape index (κ3) is 4.96. The van der Waals surface area contributed by atoms with Gasteiger partial charge in [0.15, 0.2) is 0 Å². The van der Waals surface area contributed by atoms with Gasteiger partial charge in [-0.25, -0.2) is 0 Å². The van der Waals surface area contributed by atoms with Crippen LogP contribution in [0.3, 0.4) is 0 Å². The maximum atomic E-state index is 9.55. The molecule has 1 atom stereocenters. The maximum absolute atomic E-state index is 9.55. The lowest BCUT2D eigenvalue weighted by atomic mass is 9.96. The second-order valence-corrected chi connectivity index (χ2v) is 5.03. The Bertz CT molecular complexity index is 167. The molecule has 0 bridgehead atoms. The molecule has 1 rings (SSSR count). The van der Waals surface area contributed by atoms with Crippen LogP contribution in [0.5, 0.6) is 0 Å². The van der Waals surface area contributed by atoms with E-state index in [1.165, 1.54) is 25.9 Å². The zero-order valence-electron chi connectivity index (χ0n) is 10.4. The molecule has 90 valence electrons. The zero-order chi connectivity index (χ0) is 11.3. The summed E-state index contributed by atoms with van der Waals surface area (Å²) in [5.41, 5.74) is 0. The maximum Gasteiger partial charge on any atom is 0.0664 e. The Hall–Kier alpha value is -0.120. The molecule has 3 nitrogen and oxygen atoms in total. The van der Waals surface area contributed by atoms with Crippen molar-refractivity contribution in [3.63, 3.8) is 0 Å². The summed E-state index contributed by atoms with van der Waals surface area (Å²) >= 11 is 0. The molecule has 0 spiro atoms. The molecule has 0 saturated carbocycles. The third-order valence-electron chi connectivity index (χ3n) is 3.40. The topological polar surface area (TPSA) is 26.7 Å². The molecule has 3 heteroatoms. The Morgan fingerprint density at radius 2 is 2.00 bits per heavy atom. The summed E-state index contributed by atoms with van der Waals surface area (Å²) in [6.07, 6.45) is 3.32. The van der Waals surface area contributed by atoms with Crippen molar-refractivity contribution in [1.82, 2.24) is 9.80 Å². The molecule has 0 aromatic heterocycles. The van der Waals surface area contributed by atoms with Gasteiger partial charge >= 0.3 is 0 Å². The summed E-state index contributed by atoms with van der Waals surface area (Å²) in [5.74, 6) is 0.829. The summed E-state index contributed by atoms with van der Waals surface area (Å²) < 4.78 is 0. The Morgan fingerprint density at radius 3 is 2.53 bits per heavy atom. The normalized spacial score (nSPS) is 22.2. The molecule has 1 saturated heterocycles. The van der Waals surface area contributed by atoms with Crippen molar-refractivity contribution in [1.29, 1.82) is 0 Å². The van der Waals surface area contributed by atoms with Crippen LogP contribution in [-0.4, -0.2) is 61.3 Å². The van der Waals surface area contributed by atoms with E-state index in [4.69, 9.17) is 0 Å². The monoisotopic (exact) mass is 214 g/mol. The molecule has 15 heavy (non-hydrogen) atoms. The van der Waals surface area contributed by atoms with Crippen LogP contribution in [0.2, 0.25) is 0 Å². The van der Waals surface area contributed by atoms with Crippen LogP contribution in [0.1, 0.15) is 26.2 Å². The van der Waals surface area contributed by atoms with Crippen LogP contribution in [0.25, 0.3) is 0 Å². The first-order chi connectivity index (χ1) is 7.11. The van der Waals surface area contributed by atoms with E-state index in [2.05, 4.69) is 23.9 Å². The highest BCUT2D eigenvalue weighted by Gasteiger charge is 2.18. The molecule has 1 aliphatic rings. The van der Waals surface area contributed by atoms with Crippen LogP contribution in [0, 0.1) is 5.92 Å². The summed E-state index contributed by atoms with van der Waals surface area (Å²) in [6.45, 7) is 6.46. The number of rotatable bonds is 5. The lowest BCUT2D eigenvalue weighted by Gasteiger charge is -2.32.